The van der Waals surface area contributed by atoms with E-state index in [9.17, 15) is 4.79 Å². The minimum Gasteiger partial charge on any atom is -0.480 e. The van der Waals surface area contributed by atoms with E-state index in [0.717, 1.165) is 0 Å². The first-order valence-corrected chi connectivity index (χ1v) is 4.79. The van der Waals surface area contributed by atoms with Crippen LogP contribution in [0.4, 0.5) is 5.69 Å². The van der Waals surface area contributed by atoms with Crippen LogP contribution in [0.5, 0.6) is 5.88 Å². The molecule has 0 atom stereocenters. The van der Waals surface area contributed by atoms with Crippen molar-refractivity contribution in [2.45, 2.75) is 6.54 Å². The summed E-state index contributed by atoms with van der Waals surface area (Å²) in [6.45, 7) is 0.0328. The van der Waals surface area contributed by atoms with Crippen molar-refractivity contribution >= 4 is 11.6 Å². The van der Waals surface area contributed by atoms with E-state index in [4.69, 9.17) is 4.74 Å². The number of tetrazole rings is 1. The first-order chi connectivity index (χ1) is 8.29. The molecule has 2 rings (SSSR count). The summed E-state index contributed by atoms with van der Waals surface area (Å²) in [6.07, 6.45) is 2.94. The third-order valence-corrected chi connectivity index (χ3v) is 1.94. The van der Waals surface area contributed by atoms with Crippen LogP contribution >= 0.6 is 0 Å². The Bertz CT molecular complexity index is 498. The molecule has 0 aliphatic rings. The highest BCUT2D eigenvalue weighted by Gasteiger charge is 2.08. The fourth-order valence-corrected chi connectivity index (χ4v) is 1.24. The molecule has 0 bridgehead atoms. The first-order valence-electron chi connectivity index (χ1n) is 4.79. The molecule has 0 aromatic carbocycles. The number of nitrogens with one attached hydrogen (secondary N) is 1. The average molecular weight is 234 g/mol. The van der Waals surface area contributed by atoms with Gasteiger partial charge in [-0.05, 0) is 22.6 Å². The molecule has 2 heterocycles. The Hall–Kier alpha value is -2.51. The van der Waals surface area contributed by atoms with Gasteiger partial charge in [-0.1, -0.05) is 0 Å². The van der Waals surface area contributed by atoms with Crippen molar-refractivity contribution in [2.24, 2.45) is 0 Å². The highest BCUT2D eigenvalue weighted by atomic mass is 16.5. The van der Waals surface area contributed by atoms with Crippen molar-refractivity contribution in [3.63, 3.8) is 0 Å². The Morgan fingerprint density at radius 2 is 2.47 bits per heavy atom. The maximum Gasteiger partial charge on any atom is 0.246 e. The highest BCUT2D eigenvalue weighted by molar-refractivity contribution is 5.91. The Kier molecular flexibility index (Phi) is 3.24. The van der Waals surface area contributed by atoms with Gasteiger partial charge in [0.15, 0.2) is 0 Å². The van der Waals surface area contributed by atoms with Crippen LogP contribution in [0.3, 0.4) is 0 Å². The fraction of sp³-hybridized carbons (Fsp3) is 0.222. The van der Waals surface area contributed by atoms with Gasteiger partial charge >= 0.3 is 0 Å². The summed E-state index contributed by atoms with van der Waals surface area (Å²) in [4.78, 5) is 15.6. The number of ether oxygens (including phenoxy) is 1. The molecule has 17 heavy (non-hydrogen) atoms. The molecule has 1 N–H and O–H groups in total. The van der Waals surface area contributed by atoms with Crippen molar-refractivity contribution in [3.8, 4) is 5.88 Å². The van der Waals surface area contributed by atoms with Gasteiger partial charge in [0.25, 0.3) is 0 Å². The molecule has 2 aromatic rings. The maximum atomic E-state index is 11.6. The molecule has 0 unspecified atom stereocenters. The predicted molar refractivity (Wildman–Crippen MR) is 57.2 cm³/mol. The molecule has 0 aliphatic heterocycles. The van der Waals surface area contributed by atoms with Crippen molar-refractivity contribution in [1.29, 1.82) is 0 Å². The number of amides is 1. The molecular formula is C9H10N6O2. The molecule has 0 saturated heterocycles. The van der Waals surface area contributed by atoms with Crippen LogP contribution in [0.1, 0.15) is 0 Å². The van der Waals surface area contributed by atoms with Crippen LogP contribution < -0.4 is 10.1 Å². The third-order valence-electron chi connectivity index (χ3n) is 1.94. The van der Waals surface area contributed by atoms with Gasteiger partial charge in [0, 0.05) is 6.20 Å². The number of rotatable bonds is 4. The molecule has 8 nitrogen and oxygen atoms in total. The Balaban J connectivity index is 2.03. The molecule has 0 fully saturated rings. The van der Waals surface area contributed by atoms with Crippen molar-refractivity contribution in [1.82, 2.24) is 25.2 Å². The van der Waals surface area contributed by atoms with E-state index in [1.165, 1.54) is 18.1 Å². The second-order valence-corrected chi connectivity index (χ2v) is 3.12. The summed E-state index contributed by atoms with van der Waals surface area (Å²) >= 11 is 0. The summed E-state index contributed by atoms with van der Waals surface area (Å²) in [6, 6.07) is 3.40. The zero-order valence-corrected chi connectivity index (χ0v) is 9.07. The van der Waals surface area contributed by atoms with E-state index < -0.39 is 0 Å². The fourth-order valence-electron chi connectivity index (χ4n) is 1.24. The van der Waals surface area contributed by atoms with Crippen LogP contribution in [0.15, 0.2) is 24.7 Å². The summed E-state index contributed by atoms with van der Waals surface area (Å²) in [5.41, 5.74) is 0.507. The van der Waals surface area contributed by atoms with Gasteiger partial charge in [-0.25, -0.2) is 9.67 Å². The number of pyridine rings is 1. The molecule has 8 heteroatoms. The van der Waals surface area contributed by atoms with Gasteiger partial charge in [-0.2, -0.15) is 0 Å². The van der Waals surface area contributed by atoms with Crippen molar-refractivity contribution in [2.75, 3.05) is 12.4 Å². The smallest absolute Gasteiger partial charge is 0.246 e. The number of hydrogen-bond acceptors (Lipinski definition) is 6. The normalized spacial score (nSPS) is 9.94. The lowest BCUT2D eigenvalue weighted by Gasteiger charge is -2.07. The SMILES string of the molecule is COc1ncccc1NC(=O)Cn1cnnn1. The van der Waals surface area contributed by atoms with Crippen LogP contribution in [-0.4, -0.2) is 38.2 Å². The maximum absolute atomic E-state index is 11.6. The van der Waals surface area contributed by atoms with E-state index in [1.807, 2.05) is 0 Å². The predicted octanol–water partition coefficient (Wildman–Crippen LogP) is -0.285. The zero-order valence-electron chi connectivity index (χ0n) is 9.07. The average Bonchev–Trinajstić information content (AvgIpc) is 2.82. The van der Waals surface area contributed by atoms with Gasteiger partial charge in [-0.3, -0.25) is 4.79 Å². The van der Waals surface area contributed by atoms with E-state index >= 15 is 0 Å². The summed E-state index contributed by atoms with van der Waals surface area (Å²) in [5, 5.41) is 13.1. The minimum atomic E-state index is -0.261. The lowest BCUT2D eigenvalue weighted by Crippen LogP contribution is -2.19. The van der Waals surface area contributed by atoms with Crippen LogP contribution in [-0.2, 0) is 11.3 Å². The van der Waals surface area contributed by atoms with E-state index in [-0.39, 0.29) is 12.5 Å². The largest absolute Gasteiger partial charge is 0.480 e. The first kappa shape index (κ1) is 11.0. The Morgan fingerprint density at radius 1 is 1.59 bits per heavy atom. The standard InChI is InChI=1S/C9H10N6O2/c1-17-9-7(3-2-4-10-9)12-8(16)5-15-6-11-13-14-15/h2-4,6H,5H2,1H3,(H,12,16). The Labute approximate surface area is 96.6 Å². The van der Waals surface area contributed by atoms with Crippen molar-refractivity contribution < 1.29 is 9.53 Å². The number of hydrogen-bond donors (Lipinski definition) is 1. The molecule has 1 amide bonds. The quantitative estimate of drug-likeness (QED) is 0.781. The molecule has 0 saturated carbocycles. The molecule has 88 valence electrons. The number of nitrogens with zero attached hydrogens (tertiary/aromatic N) is 5. The molecule has 0 aliphatic carbocycles. The number of aromatic nitrogens is 5. The van der Waals surface area contributed by atoms with E-state index in [0.29, 0.717) is 11.6 Å². The number of anilines is 1. The van der Waals surface area contributed by atoms with E-state index in [2.05, 4.69) is 25.8 Å². The number of carbonyl (C=O) groups excluding carboxylic acids is 1. The summed E-state index contributed by atoms with van der Waals surface area (Å²) in [5.74, 6) is 0.0983. The topological polar surface area (TPSA) is 94.8 Å². The Morgan fingerprint density at radius 3 is 3.18 bits per heavy atom. The van der Waals surface area contributed by atoms with Crippen molar-refractivity contribution in [3.05, 3.63) is 24.7 Å². The summed E-state index contributed by atoms with van der Waals surface area (Å²) < 4.78 is 6.33. The van der Waals surface area contributed by atoms with Gasteiger partial charge in [0.2, 0.25) is 11.8 Å². The summed E-state index contributed by atoms with van der Waals surface area (Å²) in [7, 11) is 1.49. The lowest BCUT2D eigenvalue weighted by molar-refractivity contribution is -0.116. The molecule has 0 radical (unpaired) electrons. The second kappa shape index (κ2) is 5.01. The zero-order chi connectivity index (χ0) is 12.1. The van der Waals surface area contributed by atoms with E-state index in [1.54, 1.807) is 18.3 Å². The lowest BCUT2D eigenvalue weighted by atomic mass is 10.4. The monoisotopic (exact) mass is 234 g/mol. The second-order valence-electron chi connectivity index (χ2n) is 3.12. The number of methoxy groups -OCH3 is 1. The van der Waals surface area contributed by atoms with Crippen LogP contribution in [0.25, 0.3) is 0 Å². The van der Waals surface area contributed by atoms with Gasteiger partial charge < -0.3 is 10.1 Å². The third kappa shape index (κ3) is 2.74. The highest BCUT2D eigenvalue weighted by Crippen LogP contribution is 2.19. The minimum absolute atomic E-state index is 0.0328. The number of carbonyl (C=O) groups is 1. The van der Waals surface area contributed by atoms with Gasteiger partial charge in [-0.15, -0.1) is 5.10 Å². The van der Waals surface area contributed by atoms with Crippen LogP contribution in [0.2, 0.25) is 0 Å². The van der Waals surface area contributed by atoms with Crippen LogP contribution in [0, 0.1) is 0 Å². The van der Waals surface area contributed by atoms with Gasteiger partial charge in [0.1, 0.15) is 18.6 Å². The molecule has 0 spiro atoms. The molecule has 2 aromatic heterocycles. The molecular weight excluding hydrogens is 224 g/mol. The van der Waals surface area contributed by atoms with Gasteiger partial charge in [0.05, 0.1) is 7.11 Å².